The van der Waals surface area contributed by atoms with Gasteiger partial charge in [-0.3, -0.25) is 9.59 Å². The molecule has 11 nitrogen and oxygen atoms in total. The second-order valence-corrected chi connectivity index (χ2v) is 12.5. The standard InChI is InChI=1S/C37H33ClN8O3/c38-26-11-6-10-25(20-26)28(21-46-36-32(34(39)40-22-41-36)33(44-46)24-14-16-27(47)17-15-24)35-42-29-12-7-9-23(31(29)37(49)43-35)8-2-1-3-13-30(48)45-18-4-5-19-45/h6-7,9-12,14-17,20,22,28,47H,1,3-5,13,18-19,21H2,(H2,39,40,41)(H,42,43,49). The number of aromatic amines is 1. The molecule has 4 N–H and O–H groups in total. The van der Waals surface area contributed by atoms with Crippen LogP contribution in [-0.4, -0.2) is 58.7 Å². The highest BCUT2D eigenvalue weighted by atomic mass is 35.5. The lowest BCUT2D eigenvalue weighted by Gasteiger charge is -2.18. The number of halogens is 1. The average molecular weight is 673 g/mol. The molecule has 0 spiro atoms. The number of fused-ring (bicyclic) bond motifs is 2. The van der Waals surface area contributed by atoms with Crippen LogP contribution in [0.5, 0.6) is 5.75 Å². The first-order chi connectivity index (χ1) is 23.9. The molecule has 246 valence electrons. The number of likely N-dealkylation sites (tertiary alicyclic amines) is 1. The van der Waals surface area contributed by atoms with E-state index in [1.807, 2.05) is 29.2 Å². The minimum atomic E-state index is -0.495. The Bertz CT molecular complexity index is 2300. The molecule has 3 aromatic carbocycles. The molecule has 1 aliphatic rings. The molecule has 0 saturated carbocycles. The molecule has 1 amide bonds. The zero-order valence-corrected chi connectivity index (χ0v) is 27.3. The van der Waals surface area contributed by atoms with Crippen molar-refractivity contribution in [2.24, 2.45) is 0 Å². The minimum absolute atomic E-state index is 0.127. The summed E-state index contributed by atoms with van der Waals surface area (Å²) in [4.78, 5) is 44.7. The molecule has 3 aromatic heterocycles. The molecule has 12 heteroatoms. The highest BCUT2D eigenvalue weighted by molar-refractivity contribution is 6.30. The van der Waals surface area contributed by atoms with Gasteiger partial charge in [0.25, 0.3) is 5.56 Å². The number of aromatic nitrogens is 6. The van der Waals surface area contributed by atoms with Gasteiger partial charge in [0.2, 0.25) is 5.91 Å². The molecular formula is C37H33ClN8O3. The Morgan fingerprint density at radius 2 is 1.84 bits per heavy atom. The van der Waals surface area contributed by atoms with E-state index >= 15 is 0 Å². The number of rotatable bonds is 8. The summed E-state index contributed by atoms with van der Waals surface area (Å²) in [6.07, 6.45) is 5.22. The topological polar surface area (TPSA) is 156 Å². The Morgan fingerprint density at radius 3 is 2.63 bits per heavy atom. The summed E-state index contributed by atoms with van der Waals surface area (Å²) < 4.78 is 1.72. The van der Waals surface area contributed by atoms with Crippen molar-refractivity contribution in [3.8, 4) is 28.8 Å². The summed E-state index contributed by atoms with van der Waals surface area (Å²) in [5.41, 5.74) is 9.70. The second-order valence-electron chi connectivity index (χ2n) is 12.0. The summed E-state index contributed by atoms with van der Waals surface area (Å²) in [5.74, 6) is 6.78. The third kappa shape index (κ3) is 6.68. The molecule has 1 atom stereocenters. The molecule has 0 bridgehead atoms. The number of amides is 1. The van der Waals surface area contributed by atoms with Crippen molar-refractivity contribution in [1.29, 1.82) is 0 Å². The van der Waals surface area contributed by atoms with Crippen LogP contribution >= 0.6 is 11.6 Å². The van der Waals surface area contributed by atoms with Gasteiger partial charge < -0.3 is 20.7 Å². The number of carbonyl (C=O) groups is 1. The number of nitrogens with two attached hydrogens (primary N) is 1. The quantitative estimate of drug-likeness (QED) is 0.138. The molecule has 0 aliphatic carbocycles. The van der Waals surface area contributed by atoms with Gasteiger partial charge >= 0.3 is 0 Å². The van der Waals surface area contributed by atoms with Crippen LogP contribution < -0.4 is 11.3 Å². The highest BCUT2D eigenvalue weighted by Gasteiger charge is 2.24. The van der Waals surface area contributed by atoms with Crippen LogP contribution in [0, 0.1) is 11.8 Å². The lowest BCUT2D eigenvalue weighted by atomic mass is 9.97. The van der Waals surface area contributed by atoms with Gasteiger partial charge in [-0.25, -0.2) is 19.6 Å². The Balaban J connectivity index is 1.23. The van der Waals surface area contributed by atoms with Gasteiger partial charge in [-0.15, -0.1) is 0 Å². The number of unbranched alkanes of at least 4 members (excludes halogenated alkanes) is 1. The number of nitrogen functional groups attached to an aromatic ring is 1. The van der Waals surface area contributed by atoms with Crippen molar-refractivity contribution in [2.45, 2.75) is 44.6 Å². The minimum Gasteiger partial charge on any atom is -0.508 e. The van der Waals surface area contributed by atoms with Gasteiger partial charge in [0.1, 0.15) is 29.4 Å². The number of phenolic OH excluding ortho intramolecular Hbond substituents is 1. The third-order valence-corrected chi connectivity index (χ3v) is 9.00. The molecule has 6 aromatic rings. The van der Waals surface area contributed by atoms with Gasteiger partial charge in [-0.2, -0.15) is 5.10 Å². The number of nitrogens with one attached hydrogen (secondary N) is 1. The average Bonchev–Trinajstić information content (AvgIpc) is 3.77. The first-order valence-electron chi connectivity index (χ1n) is 16.2. The Hall–Kier alpha value is -5.73. The normalized spacial score (nSPS) is 13.4. The van der Waals surface area contributed by atoms with E-state index in [1.165, 1.54) is 6.33 Å². The van der Waals surface area contributed by atoms with E-state index in [1.54, 1.807) is 47.1 Å². The van der Waals surface area contributed by atoms with Crippen molar-refractivity contribution >= 4 is 45.3 Å². The SMILES string of the molecule is Nc1ncnc2c1c(-c1ccc(O)cc1)nn2CC(c1cccc(Cl)c1)c1nc2cccc(C#CCCCC(=O)N3CCCC3)c2c(=O)[nH]1. The second kappa shape index (κ2) is 13.8. The number of nitrogens with zero attached hydrogens (tertiary/aromatic N) is 6. The molecule has 7 rings (SSSR count). The number of aromatic hydroxyl groups is 1. The predicted octanol–water partition coefficient (Wildman–Crippen LogP) is 5.65. The van der Waals surface area contributed by atoms with Crippen LogP contribution in [0.15, 0.2) is 77.9 Å². The number of phenols is 1. The maximum Gasteiger partial charge on any atom is 0.260 e. The van der Waals surface area contributed by atoms with E-state index in [0.29, 0.717) is 63.3 Å². The van der Waals surface area contributed by atoms with Gasteiger partial charge in [0.15, 0.2) is 5.65 Å². The summed E-state index contributed by atoms with van der Waals surface area (Å²) in [5, 5.41) is 16.3. The van der Waals surface area contributed by atoms with Gasteiger partial charge in [-0.1, -0.05) is 41.6 Å². The van der Waals surface area contributed by atoms with Gasteiger partial charge in [0, 0.05) is 42.1 Å². The molecule has 0 radical (unpaired) electrons. The maximum atomic E-state index is 13.8. The van der Waals surface area contributed by atoms with Crippen LogP contribution in [-0.2, 0) is 11.3 Å². The monoisotopic (exact) mass is 672 g/mol. The van der Waals surface area contributed by atoms with Crippen molar-refractivity contribution < 1.29 is 9.90 Å². The fourth-order valence-electron chi connectivity index (χ4n) is 6.31. The summed E-state index contributed by atoms with van der Waals surface area (Å²) in [6, 6.07) is 19.5. The van der Waals surface area contributed by atoms with Crippen LogP contribution in [0.4, 0.5) is 5.82 Å². The lowest BCUT2D eigenvalue weighted by Crippen LogP contribution is -2.27. The van der Waals surface area contributed by atoms with Crippen LogP contribution in [0.1, 0.15) is 55.0 Å². The number of benzene rings is 3. The first kappa shape index (κ1) is 31.8. The largest absolute Gasteiger partial charge is 0.508 e. The molecule has 1 fully saturated rings. The first-order valence-corrected chi connectivity index (χ1v) is 16.5. The smallest absolute Gasteiger partial charge is 0.260 e. The van der Waals surface area contributed by atoms with Crippen LogP contribution in [0.25, 0.3) is 33.2 Å². The zero-order chi connectivity index (χ0) is 33.9. The Labute approximate surface area is 286 Å². The van der Waals surface area contributed by atoms with E-state index in [4.69, 9.17) is 27.4 Å². The molecule has 1 unspecified atom stereocenters. The van der Waals surface area contributed by atoms with Gasteiger partial charge in [-0.05, 0) is 73.4 Å². The molecular weight excluding hydrogens is 640 g/mol. The number of hydrogen-bond donors (Lipinski definition) is 3. The van der Waals surface area contributed by atoms with Crippen molar-refractivity contribution in [1.82, 2.24) is 34.6 Å². The number of H-pyrrole nitrogens is 1. The lowest BCUT2D eigenvalue weighted by molar-refractivity contribution is -0.130. The van der Waals surface area contributed by atoms with E-state index < -0.39 is 5.92 Å². The Morgan fingerprint density at radius 1 is 1.04 bits per heavy atom. The predicted molar refractivity (Wildman–Crippen MR) is 189 cm³/mol. The molecule has 49 heavy (non-hydrogen) atoms. The number of hydrogen-bond acceptors (Lipinski definition) is 8. The van der Waals surface area contributed by atoms with E-state index in [0.717, 1.165) is 37.1 Å². The van der Waals surface area contributed by atoms with Crippen LogP contribution in [0.2, 0.25) is 5.02 Å². The van der Waals surface area contributed by atoms with E-state index in [2.05, 4.69) is 26.8 Å². The number of anilines is 1. The van der Waals surface area contributed by atoms with Crippen molar-refractivity contribution in [2.75, 3.05) is 18.8 Å². The molecule has 1 saturated heterocycles. The summed E-state index contributed by atoms with van der Waals surface area (Å²) in [7, 11) is 0. The molecule has 1 aliphatic heterocycles. The zero-order valence-electron chi connectivity index (χ0n) is 26.6. The highest BCUT2D eigenvalue weighted by Crippen LogP contribution is 2.34. The van der Waals surface area contributed by atoms with Crippen molar-refractivity contribution in [3.05, 3.63) is 105 Å². The van der Waals surface area contributed by atoms with Gasteiger partial charge in [0.05, 0.1) is 28.8 Å². The Kier molecular flexibility index (Phi) is 8.96. The maximum absolute atomic E-state index is 13.8. The van der Waals surface area contributed by atoms with E-state index in [-0.39, 0.29) is 29.6 Å². The third-order valence-electron chi connectivity index (χ3n) is 8.76. The van der Waals surface area contributed by atoms with Crippen molar-refractivity contribution in [3.63, 3.8) is 0 Å². The van der Waals surface area contributed by atoms with Crippen LogP contribution in [0.3, 0.4) is 0 Å². The summed E-state index contributed by atoms with van der Waals surface area (Å²) in [6.45, 7) is 1.92. The summed E-state index contributed by atoms with van der Waals surface area (Å²) >= 11 is 6.45. The van der Waals surface area contributed by atoms with E-state index in [9.17, 15) is 14.7 Å². The fourth-order valence-corrected chi connectivity index (χ4v) is 6.51. The molecule has 4 heterocycles. The number of carbonyl (C=O) groups excluding carboxylic acids is 1. The fraction of sp³-hybridized carbons (Fsp3) is 0.243.